The summed E-state index contributed by atoms with van der Waals surface area (Å²) in [5.74, 6) is 0.770. The van der Waals surface area contributed by atoms with Crippen LogP contribution in [-0.4, -0.2) is 19.7 Å². The second-order valence-corrected chi connectivity index (χ2v) is 8.66. The standard InChI is InChI=1S/C24H35BrO3/c1-27-24(26)14-10-11-20-15-17-22(18-16-20)28-19-21-12-8-6-4-2-3-5-7-9-13-23(21)25/h15-18H,2-14,19H2,1H3/b23-21+. The molecular formula is C24H35BrO3. The largest absolute Gasteiger partial charge is 0.489 e. The minimum Gasteiger partial charge on any atom is -0.489 e. The number of hydrogen-bond donors (Lipinski definition) is 0. The second-order valence-electron chi connectivity index (χ2n) is 7.70. The van der Waals surface area contributed by atoms with E-state index in [4.69, 9.17) is 4.74 Å². The van der Waals surface area contributed by atoms with Gasteiger partial charge in [0.25, 0.3) is 0 Å². The highest BCUT2D eigenvalue weighted by Crippen LogP contribution is 2.26. The van der Waals surface area contributed by atoms with Crippen LogP contribution in [0.4, 0.5) is 0 Å². The fourth-order valence-corrected chi connectivity index (χ4v) is 4.20. The summed E-state index contributed by atoms with van der Waals surface area (Å²) in [6, 6.07) is 8.27. The maximum Gasteiger partial charge on any atom is 0.305 e. The van der Waals surface area contributed by atoms with Gasteiger partial charge in [-0.15, -0.1) is 0 Å². The molecule has 0 unspecified atom stereocenters. The SMILES string of the molecule is COC(=O)CCCc1ccc(OC/C2=C(/Br)CCCCCCCCCC2)cc1. The van der Waals surface area contributed by atoms with Crippen molar-refractivity contribution in [2.45, 2.75) is 83.5 Å². The molecular weight excluding hydrogens is 416 g/mol. The Morgan fingerprint density at radius 2 is 1.54 bits per heavy atom. The van der Waals surface area contributed by atoms with Gasteiger partial charge in [-0.05, 0) is 66.3 Å². The zero-order valence-electron chi connectivity index (χ0n) is 17.3. The van der Waals surface area contributed by atoms with Crippen LogP contribution in [0.2, 0.25) is 0 Å². The van der Waals surface area contributed by atoms with Gasteiger partial charge in [0.15, 0.2) is 0 Å². The molecule has 1 aliphatic carbocycles. The zero-order valence-corrected chi connectivity index (χ0v) is 18.9. The van der Waals surface area contributed by atoms with Gasteiger partial charge in [0.2, 0.25) is 0 Å². The molecule has 0 spiro atoms. The van der Waals surface area contributed by atoms with Crippen molar-refractivity contribution < 1.29 is 14.3 Å². The molecule has 0 N–H and O–H groups in total. The third kappa shape index (κ3) is 9.27. The number of hydrogen-bond acceptors (Lipinski definition) is 3. The molecule has 0 saturated heterocycles. The molecule has 0 aromatic heterocycles. The van der Waals surface area contributed by atoms with E-state index in [0.717, 1.165) is 31.4 Å². The van der Waals surface area contributed by atoms with Crippen LogP contribution in [0.5, 0.6) is 5.75 Å². The average Bonchev–Trinajstić information content (AvgIpc) is 2.71. The Labute approximate surface area is 179 Å². The third-order valence-corrected chi connectivity index (χ3v) is 6.38. The highest BCUT2D eigenvalue weighted by molar-refractivity contribution is 9.11. The fraction of sp³-hybridized carbons (Fsp3) is 0.625. The fourth-order valence-electron chi connectivity index (χ4n) is 3.60. The summed E-state index contributed by atoms with van der Waals surface area (Å²) in [4.78, 5) is 11.2. The van der Waals surface area contributed by atoms with Crippen LogP contribution in [0.25, 0.3) is 0 Å². The van der Waals surface area contributed by atoms with Crippen molar-refractivity contribution in [3.63, 3.8) is 0 Å². The molecule has 0 amide bonds. The minimum atomic E-state index is -0.143. The number of methoxy groups -OCH3 is 1. The summed E-state index contributed by atoms with van der Waals surface area (Å²) in [6.45, 7) is 0.669. The minimum absolute atomic E-state index is 0.143. The van der Waals surface area contributed by atoms with Crippen molar-refractivity contribution in [2.75, 3.05) is 13.7 Å². The molecule has 4 heteroatoms. The van der Waals surface area contributed by atoms with E-state index in [1.807, 2.05) is 12.1 Å². The van der Waals surface area contributed by atoms with Gasteiger partial charge < -0.3 is 9.47 Å². The molecule has 0 saturated carbocycles. The Hall–Kier alpha value is -1.29. The number of benzene rings is 1. The highest BCUT2D eigenvalue weighted by Gasteiger charge is 2.08. The molecule has 2 rings (SSSR count). The number of allylic oxidation sites excluding steroid dienone is 1. The van der Waals surface area contributed by atoms with Crippen LogP contribution in [0.15, 0.2) is 34.3 Å². The van der Waals surface area contributed by atoms with Crippen LogP contribution in [0.3, 0.4) is 0 Å². The Bertz CT molecular complexity index is 607. The maximum atomic E-state index is 11.2. The number of esters is 1. The van der Waals surface area contributed by atoms with E-state index in [9.17, 15) is 4.79 Å². The molecule has 0 heterocycles. The first-order chi connectivity index (χ1) is 13.7. The first-order valence-corrected chi connectivity index (χ1v) is 11.6. The van der Waals surface area contributed by atoms with Crippen molar-refractivity contribution in [3.05, 3.63) is 39.9 Å². The van der Waals surface area contributed by atoms with E-state index in [2.05, 4.69) is 32.8 Å². The van der Waals surface area contributed by atoms with Gasteiger partial charge in [0.1, 0.15) is 12.4 Å². The molecule has 0 bridgehead atoms. The summed E-state index contributed by atoms with van der Waals surface area (Å²) in [5.41, 5.74) is 2.64. The van der Waals surface area contributed by atoms with E-state index >= 15 is 0 Å². The maximum absolute atomic E-state index is 11.2. The lowest BCUT2D eigenvalue weighted by Crippen LogP contribution is -2.04. The second kappa shape index (κ2) is 13.8. The summed E-state index contributed by atoms with van der Waals surface area (Å²) >= 11 is 3.84. The van der Waals surface area contributed by atoms with Gasteiger partial charge in [0, 0.05) is 6.42 Å². The number of carbonyl (C=O) groups is 1. The van der Waals surface area contributed by atoms with Gasteiger partial charge in [-0.2, -0.15) is 0 Å². The lowest BCUT2D eigenvalue weighted by atomic mass is 10.0. The number of rotatable bonds is 7. The molecule has 0 atom stereocenters. The smallest absolute Gasteiger partial charge is 0.305 e. The van der Waals surface area contributed by atoms with Crippen molar-refractivity contribution in [1.82, 2.24) is 0 Å². The van der Waals surface area contributed by atoms with Crippen LogP contribution in [0.1, 0.15) is 82.6 Å². The van der Waals surface area contributed by atoms with Crippen molar-refractivity contribution in [1.29, 1.82) is 0 Å². The molecule has 1 aliphatic rings. The monoisotopic (exact) mass is 450 g/mol. The number of carbonyl (C=O) groups excluding carboxylic acids is 1. The molecule has 1 aromatic rings. The van der Waals surface area contributed by atoms with E-state index in [-0.39, 0.29) is 5.97 Å². The lowest BCUT2D eigenvalue weighted by molar-refractivity contribution is -0.140. The van der Waals surface area contributed by atoms with Crippen LogP contribution in [0, 0.1) is 0 Å². The summed E-state index contributed by atoms with van der Waals surface area (Å²) in [6.07, 6.45) is 15.1. The molecule has 28 heavy (non-hydrogen) atoms. The highest BCUT2D eigenvalue weighted by atomic mass is 79.9. The number of halogens is 1. The van der Waals surface area contributed by atoms with Gasteiger partial charge in [-0.1, -0.05) is 66.6 Å². The van der Waals surface area contributed by atoms with Crippen molar-refractivity contribution in [3.8, 4) is 5.75 Å². The van der Waals surface area contributed by atoms with Gasteiger partial charge in [-0.25, -0.2) is 0 Å². The summed E-state index contributed by atoms with van der Waals surface area (Å²) < 4.78 is 12.1. The average molecular weight is 451 g/mol. The molecule has 1 aromatic carbocycles. The Kier molecular flexibility index (Phi) is 11.3. The third-order valence-electron chi connectivity index (χ3n) is 5.42. The molecule has 0 aliphatic heterocycles. The predicted molar refractivity (Wildman–Crippen MR) is 119 cm³/mol. The van der Waals surface area contributed by atoms with E-state index < -0.39 is 0 Å². The Morgan fingerprint density at radius 3 is 2.18 bits per heavy atom. The van der Waals surface area contributed by atoms with Crippen LogP contribution < -0.4 is 4.74 Å². The lowest BCUT2D eigenvalue weighted by Gasteiger charge is -2.14. The number of aryl methyl sites for hydroxylation is 1. The van der Waals surface area contributed by atoms with Crippen LogP contribution in [-0.2, 0) is 16.0 Å². The van der Waals surface area contributed by atoms with Crippen molar-refractivity contribution in [2.24, 2.45) is 0 Å². The Morgan fingerprint density at radius 1 is 0.929 bits per heavy atom. The zero-order chi connectivity index (χ0) is 20.0. The summed E-state index contributed by atoms with van der Waals surface area (Å²) in [5, 5.41) is 0. The predicted octanol–water partition coefficient (Wildman–Crippen LogP) is 7.12. The normalized spacial score (nSPS) is 19.4. The first kappa shape index (κ1) is 23.0. The molecule has 0 radical (unpaired) electrons. The van der Waals surface area contributed by atoms with Crippen LogP contribution >= 0.6 is 15.9 Å². The molecule has 156 valence electrons. The van der Waals surface area contributed by atoms with E-state index in [1.165, 1.54) is 74.1 Å². The quantitative estimate of drug-likeness (QED) is 0.414. The van der Waals surface area contributed by atoms with Crippen molar-refractivity contribution >= 4 is 21.9 Å². The molecule has 0 fully saturated rings. The van der Waals surface area contributed by atoms with E-state index in [0.29, 0.717) is 13.0 Å². The van der Waals surface area contributed by atoms with E-state index in [1.54, 1.807) is 0 Å². The van der Waals surface area contributed by atoms with Gasteiger partial charge >= 0.3 is 5.97 Å². The summed E-state index contributed by atoms with van der Waals surface area (Å²) in [7, 11) is 1.44. The van der Waals surface area contributed by atoms with Gasteiger partial charge in [-0.3, -0.25) is 4.79 Å². The topological polar surface area (TPSA) is 35.5 Å². The Balaban J connectivity index is 1.83. The first-order valence-electron chi connectivity index (χ1n) is 10.8. The molecule has 3 nitrogen and oxygen atoms in total. The number of ether oxygens (including phenoxy) is 2. The van der Waals surface area contributed by atoms with Gasteiger partial charge in [0.05, 0.1) is 7.11 Å².